The van der Waals surface area contributed by atoms with Gasteiger partial charge in [-0.05, 0) is 26.3 Å². The van der Waals surface area contributed by atoms with Crippen molar-refractivity contribution in [3.63, 3.8) is 0 Å². The van der Waals surface area contributed by atoms with Gasteiger partial charge >= 0.3 is 5.97 Å². The van der Waals surface area contributed by atoms with Gasteiger partial charge < -0.3 is 9.84 Å². The summed E-state index contributed by atoms with van der Waals surface area (Å²) in [6, 6.07) is 8.76. The van der Waals surface area contributed by atoms with E-state index in [1.54, 1.807) is 38.1 Å². The molecule has 0 radical (unpaired) electrons. The first-order valence-electron chi connectivity index (χ1n) is 4.93. The molecule has 82 valence electrons. The van der Waals surface area contributed by atoms with Gasteiger partial charge in [0.15, 0.2) is 5.60 Å². The van der Waals surface area contributed by atoms with Crippen molar-refractivity contribution >= 4 is 5.97 Å². The Bertz CT molecular complexity index is 328. The van der Waals surface area contributed by atoms with Crippen LogP contribution in [-0.4, -0.2) is 17.2 Å². The quantitative estimate of drug-likeness (QED) is 0.771. The summed E-state index contributed by atoms with van der Waals surface area (Å²) in [6.45, 7) is 4.94. The van der Waals surface area contributed by atoms with E-state index in [0.717, 1.165) is 0 Å². The van der Waals surface area contributed by atoms with Gasteiger partial charge in [0.2, 0.25) is 0 Å². The molecule has 3 heteroatoms. The van der Waals surface area contributed by atoms with Crippen LogP contribution in [0.5, 0.6) is 0 Å². The second-order valence-corrected chi connectivity index (χ2v) is 3.89. The minimum atomic E-state index is -1.58. The number of ether oxygens (including phenoxy) is 1. The number of esters is 1. The number of benzene rings is 1. The van der Waals surface area contributed by atoms with Crippen LogP contribution < -0.4 is 0 Å². The van der Waals surface area contributed by atoms with Gasteiger partial charge in [0.05, 0.1) is 6.10 Å². The first-order chi connectivity index (χ1) is 6.94. The van der Waals surface area contributed by atoms with E-state index < -0.39 is 11.6 Å². The molecular formula is C12H16O3. The average molecular weight is 208 g/mol. The zero-order valence-corrected chi connectivity index (χ0v) is 9.23. The number of hydrogen-bond acceptors (Lipinski definition) is 3. The fourth-order valence-corrected chi connectivity index (χ4v) is 1.21. The highest BCUT2D eigenvalue weighted by Crippen LogP contribution is 2.22. The predicted molar refractivity (Wildman–Crippen MR) is 57.2 cm³/mol. The van der Waals surface area contributed by atoms with Gasteiger partial charge in [0.1, 0.15) is 0 Å². The van der Waals surface area contributed by atoms with Crippen LogP contribution in [0.15, 0.2) is 30.3 Å². The highest BCUT2D eigenvalue weighted by Gasteiger charge is 2.34. The van der Waals surface area contributed by atoms with Gasteiger partial charge in [0.25, 0.3) is 0 Å². The molecule has 0 aliphatic rings. The van der Waals surface area contributed by atoms with Crippen LogP contribution >= 0.6 is 0 Å². The summed E-state index contributed by atoms with van der Waals surface area (Å²) in [5, 5.41) is 10.0. The zero-order chi connectivity index (χ0) is 11.5. The highest BCUT2D eigenvalue weighted by atomic mass is 16.6. The van der Waals surface area contributed by atoms with Crippen molar-refractivity contribution in [1.29, 1.82) is 0 Å². The van der Waals surface area contributed by atoms with Gasteiger partial charge in [-0.2, -0.15) is 0 Å². The Morgan fingerprint density at radius 1 is 1.33 bits per heavy atom. The van der Waals surface area contributed by atoms with Gasteiger partial charge in [-0.15, -0.1) is 0 Å². The van der Waals surface area contributed by atoms with Crippen LogP contribution in [0, 0.1) is 0 Å². The second-order valence-electron chi connectivity index (χ2n) is 3.89. The topological polar surface area (TPSA) is 46.5 Å². The lowest BCUT2D eigenvalue weighted by Crippen LogP contribution is -2.35. The van der Waals surface area contributed by atoms with E-state index in [0.29, 0.717) is 5.56 Å². The van der Waals surface area contributed by atoms with Crippen LogP contribution in [0.2, 0.25) is 0 Å². The zero-order valence-electron chi connectivity index (χ0n) is 9.23. The molecule has 1 N–H and O–H groups in total. The standard InChI is InChI=1S/C12H16O3/c1-9(2)15-11(13)12(3,14)10-7-5-4-6-8-10/h4-9,14H,1-3H3. The van der Waals surface area contributed by atoms with Gasteiger partial charge in [-0.1, -0.05) is 30.3 Å². The average Bonchev–Trinajstić information content (AvgIpc) is 2.18. The van der Waals surface area contributed by atoms with E-state index in [4.69, 9.17) is 4.74 Å². The number of carbonyl (C=O) groups is 1. The van der Waals surface area contributed by atoms with Crippen molar-refractivity contribution in [2.75, 3.05) is 0 Å². The second kappa shape index (κ2) is 4.45. The molecule has 0 aromatic heterocycles. The molecule has 0 fully saturated rings. The third kappa shape index (κ3) is 2.80. The minimum Gasteiger partial charge on any atom is -0.461 e. The van der Waals surface area contributed by atoms with E-state index >= 15 is 0 Å². The molecule has 0 amide bonds. The lowest BCUT2D eigenvalue weighted by atomic mass is 9.96. The van der Waals surface area contributed by atoms with Crippen molar-refractivity contribution in [3.8, 4) is 0 Å². The first-order valence-corrected chi connectivity index (χ1v) is 4.93. The molecule has 15 heavy (non-hydrogen) atoms. The Morgan fingerprint density at radius 3 is 2.33 bits per heavy atom. The third-order valence-electron chi connectivity index (χ3n) is 2.08. The molecule has 0 saturated carbocycles. The molecule has 0 spiro atoms. The van der Waals surface area contributed by atoms with Crippen LogP contribution in [0.3, 0.4) is 0 Å². The molecule has 3 nitrogen and oxygen atoms in total. The lowest BCUT2D eigenvalue weighted by Gasteiger charge is -2.23. The Morgan fingerprint density at radius 2 is 1.87 bits per heavy atom. The smallest absolute Gasteiger partial charge is 0.342 e. The molecule has 1 aromatic rings. The summed E-state index contributed by atoms with van der Waals surface area (Å²) >= 11 is 0. The van der Waals surface area contributed by atoms with E-state index in [1.807, 2.05) is 6.07 Å². The third-order valence-corrected chi connectivity index (χ3v) is 2.08. The van der Waals surface area contributed by atoms with Crippen molar-refractivity contribution in [2.45, 2.75) is 32.5 Å². The Hall–Kier alpha value is -1.35. The fourth-order valence-electron chi connectivity index (χ4n) is 1.21. The maximum Gasteiger partial charge on any atom is 0.342 e. The predicted octanol–water partition coefficient (Wildman–Crippen LogP) is 1.85. The Kier molecular flexibility index (Phi) is 3.48. The van der Waals surface area contributed by atoms with Crippen LogP contribution in [0.4, 0.5) is 0 Å². The van der Waals surface area contributed by atoms with Crippen LogP contribution in [0.25, 0.3) is 0 Å². The molecule has 0 aliphatic heterocycles. The highest BCUT2D eigenvalue weighted by molar-refractivity contribution is 5.80. The molecule has 0 saturated heterocycles. The molecule has 0 aliphatic carbocycles. The first kappa shape index (κ1) is 11.7. The molecular weight excluding hydrogens is 192 g/mol. The summed E-state index contributed by atoms with van der Waals surface area (Å²) < 4.78 is 4.98. The number of carbonyl (C=O) groups excluding carboxylic acids is 1. The largest absolute Gasteiger partial charge is 0.461 e. The molecule has 0 heterocycles. The van der Waals surface area contributed by atoms with E-state index in [9.17, 15) is 9.90 Å². The maximum atomic E-state index is 11.6. The molecule has 0 bridgehead atoms. The lowest BCUT2D eigenvalue weighted by molar-refractivity contribution is -0.168. The maximum absolute atomic E-state index is 11.6. The summed E-state index contributed by atoms with van der Waals surface area (Å²) in [5.41, 5.74) is -1.04. The Balaban J connectivity index is 2.88. The number of hydrogen-bond donors (Lipinski definition) is 1. The van der Waals surface area contributed by atoms with Gasteiger partial charge in [0, 0.05) is 0 Å². The Labute approximate surface area is 89.7 Å². The van der Waals surface area contributed by atoms with Crippen molar-refractivity contribution in [1.82, 2.24) is 0 Å². The summed E-state index contributed by atoms with van der Waals surface area (Å²) in [7, 11) is 0. The molecule has 1 rings (SSSR count). The van der Waals surface area contributed by atoms with E-state index in [2.05, 4.69) is 0 Å². The fraction of sp³-hybridized carbons (Fsp3) is 0.417. The summed E-state index contributed by atoms with van der Waals surface area (Å²) in [5.74, 6) is -0.622. The van der Waals surface area contributed by atoms with Gasteiger partial charge in [-0.25, -0.2) is 4.79 Å². The van der Waals surface area contributed by atoms with Crippen molar-refractivity contribution in [2.24, 2.45) is 0 Å². The van der Waals surface area contributed by atoms with Crippen molar-refractivity contribution in [3.05, 3.63) is 35.9 Å². The van der Waals surface area contributed by atoms with Crippen molar-refractivity contribution < 1.29 is 14.6 Å². The normalized spacial score (nSPS) is 14.7. The monoisotopic (exact) mass is 208 g/mol. The molecule has 1 atom stereocenters. The number of rotatable bonds is 3. The van der Waals surface area contributed by atoms with E-state index in [-0.39, 0.29) is 6.10 Å². The minimum absolute atomic E-state index is 0.229. The molecule has 1 aromatic carbocycles. The van der Waals surface area contributed by atoms with Crippen LogP contribution in [-0.2, 0) is 15.1 Å². The molecule has 1 unspecified atom stereocenters. The summed E-state index contributed by atoms with van der Waals surface area (Å²) in [6.07, 6.45) is -0.229. The van der Waals surface area contributed by atoms with Gasteiger partial charge in [-0.3, -0.25) is 0 Å². The SMILES string of the molecule is CC(C)OC(=O)C(C)(O)c1ccccc1. The number of aliphatic hydroxyl groups is 1. The van der Waals surface area contributed by atoms with E-state index in [1.165, 1.54) is 6.92 Å². The summed E-state index contributed by atoms with van der Waals surface area (Å²) in [4.78, 5) is 11.6. The van der Waals surface area contributed by atoms with Crippen LogP contribution in [0.1, 0.15) is 26.3 Å².